The van der Waals surface area contributed by atoms with E-state index < -0.39 is 86.8 Å². The molecule has 0 aliphatic carbocycles. The van der Waals surface area contributed by atoms with Gasteiger partial charge in [-0.25, -0.2) is 0 Å². The van der Waals surface area contributed by atoms with E-state index in [1.165, 1.54) is 89.9 Å². The van der Waals surface area contributed by atoms with Gasteiger partial charge in [0.05, 0.1) is 32.0 Å². The Morgan fingerprint density at radius 2 is 0.821 bits per heavy atom. The van der Waals surface area contributed by atoms with Gasteiger partial charge in [0.2, 0.25) is 5.91 Å². The molecule has 0 radical (unpaired) electrons. The van der Waals surface area contributed by atoms with Gasteiger partial charge in [0, 0.05) is 6.42 Å². The number of carbonyl (C=O) groups is 1. The van der Waals surface area contributed by atoms with E-state index in [1.54, 1.807) is 6.08 Å². The molecule has 0 aromatic carbocycles. The summed E-state index contributed by atoms with van der Waals surface area (Å²) in [4.78, 5) is 13.3. The highest BCUT2D eigenvalue weighted by Gasteiger charge is 2.51. The molecular formula is C70H117NO13. The maximum atomic E-state index is 13.3. The second-order valence-corrected chi connectivity index (χ2v) is 22.5. The van der Waals surface area contributed by atoms with Crippen LogP contribution in [0.25, 0.3) is 0 Å². The largest absolute Gasteiger partial charge is 0.394 e. The predicted octanol–water partition coefficient (Wildman–Crippen LogP) is 12.6. The highest BCUT2D eigenvalue weighted by Crippen LogP contribution is 2.30. The van der Waals surface area contributed by atoms with Crippen molar-refractivity contribution in [2.45, 2.75) is 293 Å². The van der Waals surface area contributed by atoms with Crippen LogP contribution in [0.15, 0.2) is 122 Å². The third-order valence-corrected chi connectivity index (χ3v) is 15.2. The van der Waals surface area contributed by atoms with Crippen LogP contribution in [0.5, 0.6) is 0 Å². The first kappa shape index (κ1) is 76.5. The summed E-state index contributed by atoms with van der Waals surface area (Å²) in [5, 5.41) is 87.0. The third kappa shape index (κ3) is 37.8. The standard InChI is InChI=1S/C70H117NO13/c1-3-5-7-9-11-13-15-16-17-18-19-20-21-22-23-24-25-26-27-28-29-30-31-32-33-34-35-36-37-38-39-40-41-42-44-46-48-50-52-54-62(75)71-58(59(74)53-51-49-47-45-43-14-12-10-8-6-4-2)57-81-69-67(80)65(78)68(61(56-73)83-69)84-70-66(79)64(77)63(76)60(55-72)82-70/h5,7,11,13,16-17,19-20,22-23,25-26,28-29,31-32,34-35,51,53,58-61,63-70,72-74,76-80H,3-4,6,8-10,12,14-15,18,21,24,27,30,33,36-50,52,54-57H2,1-2H3,(H,71,75)/b7-5-,13-11-,17-16-,20-19-,23-22-,26-25-,29-28-,32-31-,35-34-,53-51+. The summed E-state index contributed by atoms with van der Waals surface area (Å²) in [7, 11) is 0. The lowest BCUT2D eigenvalue weighted by atomic mass is 9.97. The molecule has 2 fully saturated rings. The van der Waals surface area contributed by atoms with Crippen molar-refractivity contribution in [1.29, 1.82) is 0 Å². The van der Waals surface area contributed by atoms with E-state index in [0.29, 0.717) is 6.42 Å². The maximum Gasteiger partial charge on any atom is 0.220 e. The molecule has 0 bridgehead atoms. The van der Waals surface area contributed by atoms with Gasteiger partial charge < -0.3 is 65.1 Å². The van der Waals surface area contributed by atoms with Crippen LogP contribution < -0.4 is 5.32 Å². The summed E-state index contributed by atoms with van der Waals surface area (Å²) < 4.78 is 22.7. The molecule has 12 atom stereocenters. The van der Waals surface area contributed by atoms with Crippen LogP contribution >= 0.6 is 0 Å². The van der Waals surface area contributed by atoms with Gasteiger partial charge in [0.1, 0.15) is 48.8 Å². The fraction of sp³-hybridized carbons (Fsp3) is 0.700. The molecule has 480 valence electrons. The molecule has 0 spiro atoms. The number of hydrogen-bond acceptors (Lipinski definition) is 13. The second-order valence-electron chi connectivity index (χ2n) is 22.5. The molecule has 0 aromatic heterocycles. The number of amides is 1. The fourth-order valence-corrected chi connectivity index (χ4v) is 9.93. The molecule has 9 N–H and O–H groups in total. The number of rotatable bonds is 51. The number of aliphatic hydroxyl groups is 8. The summed E-state index contributed by atoms with van der Waals surface area (Å²) in [6.45, 7) is 2.65. The van der Waals surface area contributed by atoms with Crippen LogP contribution in [-0.2, 0) is 23.7 Å². The van der Waals surface area contributed by atoms with Crippen molar-refractivity contribution in [3.8, 4) is 0 Å². The predicted molar refractivity (Wildman–Crippen MR) is 341 cm³/mol. The van der Waals surface area contributed by atoms with Crippen molar-refractivity contribution in [2.24, 2.45) is 0 Å². The Balaban J connectivity index is 1.60. The van der Waals surface area contributed by atoms with Crippen LogP contribution in [0.4, 0.5) is 0 Å². The minimum Gasteiger partial charge on any atom is -0.394 e. The molecule has 2 saturated heterocycles. The molecule has 2 aliphatic heterocycles. The summed E-state index contributed by atoms with van der Waals surface area (Å²) in [5.74, 6) is -0.249. The lowest BCUT2D eigenvalue weighted by Crippen LogP contribution is -2.65. The Hall–Kier alpha value is -3.61. The van der Waals surface area contributed by atoms with E-state index in [4.69, 9.17) is 18.9 Å². The van der Waals surface area contributed by atoms with Crippen LogP contribution in [0.2, 0.25) is 0 Å². The average molecular weight is 1180 g/mol. The van der Waals surface area contributed by atoms with Gasteiger partial charge in [-0.1, -0.05) is 245 Å². The van der Waals surface area contributed by atoms with E-state index in [0.717, 1.165) is 103 Å². The minimum absolute atomic E-state index is 0.249. The second kappa shape index (κ2) is 53.6. The summed E-state index contributed by atoms with van der Waals surface area (Å²) in [5.41, 5.74) is 0. The molecule has 12 unspecified atom stereocenters. The molecule has 2 aliphatic rings. The number of nitrogens with one attached hydrogen (secondary N) is 1. The molecule has 2 heterocycles. The first-order chi connectivity index (χ1) is 41.1. The van der Waals surface area contributed by atoms with Gasteiger partial charge >= 0.3 is 0 Å². The Morgan fingerprint density at radius 1 is 0.440 bits per heavy atom. The van der Waals surface area contributed by atoms with E-state index in [-0.39, 0.29) is 18.9 Å². The molecular weight excluding hydrogens is 1060 g/mol. The quantitative estimate of drug-likeness (QED) is 0.0204. The van der Waals surface area contributed by atoms with Gasteiger partial charge in [0.25, 0.3) is 0 Å². The van der Waals surface area contributed by atoms with Crippen LogP contribution in [0.1, 0.15) is 219 Å². The zero-order chi connectivity index (χ0) is 60.9. The normalized spacial score (nSPS) is 24.5. The van der Waals surface area contributed by atoms with Crippen LogP contribution in [0.3, 0.4) is 0 Å². The monoisotopic (exact) mass is 1180 g/mol. The molecule has 0 aromatic rings. The highest BCUT2D eigenvalue weighted by molar-refractivity contribution is 5.76. The van der Waals surface area contributed by atoms with Crippen molar-refractivity contribution in [2.75, 3.05) is 19.8 Å². The van der Waals surface area contributed by atoms with Gasteiger partial charge in [-0.05, 0) is 89.9 Å². The summed E-state index contributed by atoms with van der Waals surface area (Å²) in [6.07, 6.45) is 61.2. The fourth-order valence-electron chi connectivity index (χ4n) is 9.93. The zero-order valence-electron chi connectivity index (χ0n) is 51.8. The number of ether oxygens (including phenoxy) is 4. The van der Waals surface area contributed by atoms with Gasteiger partial charge in [-0.15, -0.1) is 0 Å². The van der Waals surface area contributed by atoms with Crippen molar-refractivity contribution in [3.05, 3.63) is 122 Å². The number of hydrogen-bond donors (Lipinski definition) is 9. The molecule has 0 saturated carbocycles. The van der Waals surface area contributed by atoms with Crippen molar-refractivity contribution in [1.82, 2.24) is 5.32 Å². The average Bonchev–Trinajstić information content (AvgIpc) is 3.59. The Bertz CT molecular complexity index is 1870. The summed E-state index contributed by atoms with van der Waals surface area (Å²) in [6, 6.07) is -0.922. The Labute approximate surface area is 508 Å². The molecule has 14 nitrogen and oxygen atoms in total. The van der Waals surface area contributed by atoms with E-state index in [2.05, 4.69) is 129 Å². The number of aliphatic hydroxyl groups excluding tert-OH is 8. The number of carbonyl (C=O) groups excluding carboxylic acids is 1. The maximum absolute atomic E-state index is 13.3. The van der Waals surface area contributed by atoms with E-state index in [9.17, 15) is 45.6 Å². The van der Waals surface area contributed by atoms with Gasteiger partial charge in [-0.3, -0.25) is 4.79 Å². The highest BCUT2D eigenvalue weighted by atomic mass is 16.7. The van der Waals surface area contributed by atoms with Gasteiger partial charge in [0.15, 0.2) is 12.6 Å². The van der Waals surface area contributed by atoms with Crippen LogP contribution in [0, 0.1) is 0 Å². The smallest absolute Gasteiger partial charge is 0.220 e. The Kier molecular flexibility index (Phi) is 48.8. The molecule has 84 heavy (non-hydrogen) atoms. The Morgan fingerprint density at radius 3 is 1.26 bits per heavy atom. The number of allylic oxidation sites excluding steroid dienone is 19. The summed E-state index contributed by atoms with van der Waals surface area (Å²) >= 11 is 0. The lowest BCUT2D eigenvalue weighted by molar-refractivity contribution is -0.359. The van der Waals surface area contributed by atoms with E-state index >= 15 is 0 Å². The van der Waals surface area contributed by atoms with E-state index in [1.807, 2.05) is 6.08 Å². The molecule has 1 amide bonds. The third-order valence-electron chi connectivity index (χ3n) is 15.2. The minimum atomic E-state index is -1.79. The molecule has 14 heteroatoms. The molecule has 2 rings (SSSR count). The van der Waals surface area contributed by atoms with Crippen molar-refractivity contribution >= 4 is 5.91 Å². The first-order valence-electron chi connectivity index (χ1n) is 32.8. The topological polar surface area (TPSA) is 228 Å². The first-order valence-corrected chi connectivity index (χ1v) is 32.8. The SMILES string of the molecule is CC/C=C\C/C=C\C/C=C\C/C=C\C/C=C\C/C=C\C/C=C\C/C=C\C/C=C\CCCCCCCCCCCCCC(=O)NC(COC1OC(CO)C(OC2OC(CO)C(O)C(O)C2O)C(O)C1O)C(O)/C=C/CCCCCCCCCCC. The van der Waals surface area contributed by atoms with Gasteiger partial charge in [-0.2, -0.15) is 0 Å². The van der Waals surface area contributed by atoms with Crippen molar-refractivity contribution in [3.63, 3.8) is 0 Å². The zero-order valence-corrected chi connectivity index (χ0v) is 51.8. The van der Waals surface area contributed by atoms with Crippen molar-refractivity contribution < 1.29 is 64.6 Å². The lowest BCUT2D eigenvalue weighted by Gasteiger charge is -2.46. The van der Waals surface area contributed by atoms with Crippen LogP contribution in [-0.4, -0.2) is 140 Å². The number of unbranched alkanes of at least 4 members (excludes halogenated alkanes) is 20.